The summed E-state index contributed by atoms with van der Waals surface area (Å²) in [6.07, 6.45) is 2.94. The molecule has 0 fully saturated rings. The van der Waals surface area contributed by atoms with E-state index in [9.17, 15) is 0 Å². The maximum absolute atomic E-state index is 6.00. The Hall–Kier alpha value is -0.660. The first-order valence-corrected chi connectivity index (χ1v) is 8.15. The third kappa shape index (κ3) is 4.43. The van der Waals surface area contributed by atoms with Gasteiger partial charge in [0.1, 0.15) is 0 Å². The summed E-state index contributed by atoms with van der Waals surface area (Å²) in [7, 11) is 0. The molecule has 0 saturated carbocycles. The van der Waals surface area contributed by atoms with Crippen molar-refractivity contribution in [3.05, 3.63) is 32.7 Å². The Labute approximate surface area is 137 Å². The first-order chi connectivity index (χ1) is 9.70. The van der Waals surface area contributed by atoms with E-state index in [0.29, 0.717) is 16.8 Å². The van der Waals surface area contributed by atoms with E-state index in [2.05, 4.69) is 45.0 Å². The van der Waals surface area contributed by atoms with E-state index in [1.54, 1.807) is 0 Å². The molecule has 0 amide bonds. The van der Waals surface area contributed by atoms with Crippen molar-refractivity contribution in [3.8, 4) is 11.5 Å². The predicted octanol–water partition coefficient (Wildman–Crippen LogP) is 3.93. The van der Waals surface area contributed by atoms with Gasteiger partial charge in [0.05, 0.1) is 5.56 Å². The van der Waals surface area contributed by atoms with Crippen LogP contribution in [-0.2, 0) is 6.42 Å². The molecule has 20 heavy (non-hydrogen) atoms. The average molecular weight is 406 g/mol. The molecule has 6 heteroatoms. The number of benzene rings is 1. The predicted molar refractivity (Wildman–Crippen MR) is 88.9 cm³/mol. The van der Waals surface area contributed by atoms with Gasteiger partial charge in [-0.05, 0) is 66.7 Å². The fraction of sp³-hybridized carbons (Fsp3) is 0.429. The molecule has 0 spiro atoms. The van der Waals surface area contributed by atoms with Crippen LogP contribution in [0.25, 0.3) is 11.5 Å². The molecule has 0 aliphatic heterocycles. The number of aryl methyl sites for hydroxylation is 1. The SMILES string of the molecule is CCCNCCCc1nnc(-c2cc(Cl)ccc2I)o1. The number of aromatic nitrogens is 2. The molecule has 0 atom stereocenters. The van der Waals surface area contributed by atoms with E-state index < -0.39 is 0 Å². The highest BCUT2D eigenvalue weighted by Gasteiger charge is 2.12. The van der Waals surface area contributed by atoms with Gasteiger partial charge in [-0.1, -0.05) is 18.5 Å². The average Bonchev–Trinajstić information content (AvgIpc) is 2.90. The third-order valence-electron chi connectivity index (χ3n) is 2.80. The topological polar surface area (TPSA) is 51.0 Å². The van der Waals surface area contributed by atoms with Gasteiger partial charge >= 0.3 is 0 Å². The van der Waals surface area contributed by atoms with E-state index in [0.717, 1.165) is 41.5 Å². The summed E-state index contributed by atoms with van der Waals surface area (Å²) in [4.78, 5) is 0. The smallest absolute Gasteiger partial charge is 0.248 e. The molecule has 4 nitrogen and oxygen atoms in total. The standard InChI is InChI=1S/C14H17ClIN3O/c1-2-7-17-8-3-4-13-18-19-14(20-13)11-9-10(15)5-6-12(11)16/h5-6,9,17H,2-4,7-8H2,1H3. The normalized spacial score (nSPS) is 10.9. The van der Waals surface area contributed by atoms with Gasteiger partial charge in [-0.3, -0.25) is 0 Å². The minimum absolute atomic E-state index is 0.536. The third-order valence-corrected chi connectivity index (χ3v) is 3.97. The van der Waals surface area contributed by atoms with Crippen molar-refractivity contribution in [2.24, 2.45) is 0 Å². The van der Waals surface area contributed by atoms with Crippen LogP contribution in [0.5, 0.6) is 0 Å². The molecule has 2 aromatic rings. The lowest BCUT2D eigenvalue weighted by Crippen LogP contribution is -2.16. The molecule has 1 aromatic heterocycles. The van der Waals surface area contributed by atoms with Crippen LogP contribution >= 0.6 is 34.2 Å². The van der Waals surface area contributed by atoms with Gasteiger partial charge in [-0.15, -0.1) is 10.2 Å². The van der Waals surface area contributed by atoms with Gasteiger partial charge in [0, 0.05) is 15.0 Å². The number of rotatable bonds is 7. The summed E-state index contributed by atoms with van der Waals surface area (Å²) in [5.74, 6) is 1.21. The Morgan fingerprint density at radius 1 is 1.30 bits per heavy atom. The van der Waals surface area contributed by atoms with Gasteiger partial charge in [0.15, 0.2) is 0 Å². The van der Waals surface area contributed by atoms with Gasteiger partial charge in [-0.2, -0.15) is 0 Å². The Morgan fingerprint density at radius 2 is 2.15 bits per heavy atom. The highest BCUT2D eigenvalue weighted by atomic mass is 127. The molecule has 1 N–H and O–H groups in total. The van der Waals surface area contributed by atoms with Crippen molar-refractivity contribution < 1.29 is 4.42 Å². The molecule has 0 radical (unpaired) electrons. The molecule has 2 rings (SSSR count). The van der Waals surface area contributed by atoms with Crippen LogP contribution in [0.4, 0.5) is 0 Å². The van der Waals surface area contributed by atoms with Crippen LogP contribution < -0.4 is 5.32 Å². The highest BCUT2D eigenvalue weighted by molar-refractivity contribution is 14.1. The molecule has 1 aromatic carbocycles. The quantitative estimate of drug-likeness (QED) is 0.560. The Kier molecular flexibility index (Phi) is 6.25. The first kappa shape index (κ1) is 15.7. The van der Waals surface area contributed by atoms with E-state index in [4.69, 9.17) is 16.0 Å². The minimum Gasteiger partial charge on any atom is -0.421 e. The summed E-state index contributed by atoms with van der Waals surface area (Å²) in [6, 6.07) is 5.64. The number of hydrogen-bond acceptors (Lipinski definition) is 4. The summed E-state index contributed by atoms with van der Waals surface area (Å²) < 4.78 is 6.75. The monoisotopic (exact) mass is 405 g/mol. The largest absolute Gasteiger partial charge is 0.421 e. The second-order valence-electron chi connectivity index (χ2n) is 4.48. The number of hydrogen-bond donors (Lipinski definition) is 1. The van der Waals surface area contributed by atoms with Crippen molar-refractivity contribution in [2.75, 3.05) is 13.1 Å². The molecule has 0 aliphatic carbocycles. The molecule has 0 bridgehead atoms. The van der Waals surface area contributed by atoms with E-state index in [1.165, 1.54) is 0 Å². The summed E-state index contributed by atoms with van der Waals surface area (Å²) in [5, 5.41) is 12.2. The first-order valence-electron chi connectivity index (χ1n) is 6.69. The Balaban J connectivity index is 1.96. The minimum atomic E-state index is 0.536. The lowest BCUT2D eigenvalue weighted by atomic mass is 10.2. The van der Waals surface area contributed by atoms with Crippen LogP contribution in [0.3, 0.4) is 0 Å². The summed E-state index contributed by atoms with van der Waals surface area (Å²) >= 11 is 8.24. The van der Waals surface area contributed by atoms with Gasteiger partial charge < -0.3 is 9.73 Å². The molecule has 0 saturated heterocycles. The van der Waals surface area contributed by atoms with Crippen molar-refractivity contribution in [2.45, 2.75) is 26.2 Å². The molecule has 108 valence electrons. The fourth-order valence-electron chi connectivity index (χ4n) is 1.79. The number of nitrogens with zero attached hydrogens (tertiary/aromatic N) is 2. The molecule has 1 heterocycles. The molecule has 0 unspecified atom stereocenters. The molecular formula is C14H17ClIN3O. The second-order valence-corrected chi connectivity index (χ2v) is 6.08. The van der Waals surface area contributed by atoms with E-state index >= 15 is 0 Å². The zero-order valence-electron chi connectivity index (χ0n) is 11.3. The highest BCUT2D eigenvalue weighted by Crippen LogP contribution is 2.27. The van der Waals surface area contributed by atoms with Crippen molar-refractivity contribution in [3.63, 3.8) is 0 Å². The van der Waals surface area contributed by atoms with E-state index in [-0.39, 0.29) is 0 Å². The summed E-state index contributed by atoms with van der Waals surface area (Å²) in [6.45, 7) is 4.18. The van der Waals surface area contributed by atoms with Crippen LogP contribution in [-0.4, -0.2) is 23.3 Å². The van der Waals surface area contributed by atoms with Gasteiger partial charge in [-0.25, -0.2) is 0 Å². The maximum Gasteiger partial charge on any atom is 0.248 e. The van der Waals surface area contributed by atoms with E-state index in [1.807, 2.05) is 18.2 Å². The van der Waals surface area contributed by atoms with Crippen LogP contribution in [0.1, 0.15) is 25.7 Å². The zero-order chi connectivity index (χ0) is 14.4. The summed E-state index contributed by atoms with van der Waals surface area (Å²) in [5.41, 5.74) is 0.890. The van der Waals surface area contributed by atoms with Gasteiger partial charge in [0.2, 0.25) is 11.8 Å². The Bertz CT molecular complexity index is 559. The van der Waals surface area contributed by atoms with Crippen LogP contribution in [0.15, 0.2) is 22.6 Å². The zero-order valence-corrected chi connectivity index (χ0v) is 14.2. The van der Waals surface area contributed by atoms with Crippen molar-refractivity contribution in [1.29, 1.82) is 0 Å². The fourth-order valence-corrected chi connectivity index (χ4v) is 2.53. The second kappa shape index (κ2) is 7.95. The van der Waals surface area contributed by atoms with Crippen LogP contribution in [0, 0.1) is 3.57 Å². The lowest BCUT2D eigenvalue weighted by Gasteiger charge is -2.00. The number of nitrogens with one attached hydrogen (secondary N) is 1. The lowest BCUT2D eigenvalue weighted by molar-refractivity contribution is 0.491. The van der Waals surface area contributed by atoms with Crippen molar-refractivity contribution in [1.82, 2.24) is 15.5 Å². The molecule has 0 aliphatic rings. The number of halogens is 2. The van der Waals surface area contributed by atoms with Crippen molar-refractivity contribution >= 4 is 34.2 Å². The Morgan fingerprint density at radius 3 is 2.95 bits per heavy atom. The molecular weight excluding hydrogens is 389 g/mol. The van der Waals surface area contributed by atoms with Gasteiger partial charge in [0.25, 0.3) is 0 Å². The van der Waals surface area contributed by atoms with Crippen LogP contribution in [0.2, 0.25) is 5.02 Å². The maximum atomic E-state index is 6.00.